The zero-order valence-corrected chi connectivity index (χ0v) is 18.9. The van der Waals surface area contributed by atoms with E-state index in [1.165, 1.54) is 4.31 Å². The van der Waals surface area contributed by atoms with Gasteiger partial charge in [-0.1, -0.05) is 54.1 Å². The van der Waals surface area contributed by atoms with E-state index >= 15 is 0 Å². The molecule has 0 saturated carbocycles. The number of rotatable bonds is 3. The second-order valence-electron chi connectivity index (χ2n) is 8.23. The molecule has 3 aromatic carbocycles. The summed E-state index contributed by atoms with van der Waals surface area (Å²) in [4.78, 5) is 15.2. The minimum atomic E-state index is -3.57. The minimum absolute atomic E-state index is 0.199. The Kier molecular flexibility index (Phi) is 5.03. The standard InChI is InChI=1S/C25H24N2O4S/c1-17-7-10-20(11-8-17)32(29,30)27-15-13-26(14-16-27)25(28)23-18(2)21-12-9-19-5-3-4-6-22(19)24(21)31-23/h3-12H,13-16H2,1-2H3. The molecule has 0 atom stereocenters. The van der Waals surface area contributed by atoms with Crippen LogP contribution in [0.15, 0.2) is 70.0 Å². The predicted octanol–water partition coefficient (Wildman–Crippen LogP) is 4.35. The van der Waals surface area contributed by atoms with Crippen molar-refractivity contribution < 1.29 is 17.6 Å². The van der Waals surface area contributed by atoms with Crippen molar-refractivity contribution in [3.8, 4) is 0 Å². The molecular formula is C25H24N2O4S. The van der Waals surface area contributed by atoms with Crippen LogP contribution in [0.3, 0.4) is 0 Å². The maximum absolute atomic E-state index is 13.3. The number of benzene rings is 3. The Morgan fingerprint density at radius 2 is 1.53 bits per heavy atom. The van der Waals surface area contributed by atoms with Crippen molar-refractivity contribution in [2.75, 3.05) is 26.2 Å². The van der Waals surface area contributed by atoms with Crippen LogP contribution in [0, 0.1) is 13.8 Å². The minimum Gasteiger partial charge on any atom is -0.450 e. The van der Waals surface area contributed by atoms with E-state index < -0.39 is 10.0 Å². The van der Waals surface area contributed by atoms with E-state index in [0.29, 0.717) is 24.4 Å². The normalized spacial score (nSPS) is 15.5. The highest BCUT2D eigenvalue weighted by atomic mass is 32.2. The monoisotopic (exact) mass is 448 g/mol. The van der Waals surface area contributed by atoms with Gasteiger partial charge < -0.3 is 9.32 Å². The summed E-state index contributed by atoms with van der Waals surface area (Å²) in [5, 5.41) is 2.96. The second kappa shape index (κ2) is 7.76. The number of aryl methyl sites for hydroxylation is 2. The number of hydrogen-bond donors (Lipinski definition) is 0. The lowest BCUT2D eigenvalue weighted by molar-refractivity contribution is 0.0667. The topological polar surface area (TPSA) is 70.8 Å². The van der Waals surface area contributed by atoms with E-state index in [1.807, 2.05) is 50.2 Å². The average molecular weight is 449 g/mol. The van der Waals surface area contributed by atoms with Crippen LogP contribution in [0.5, 0.6) is 0 Å². The Hall–Kier alpha value is -3.16. The molecular weight excluding hydrogens is 424 g/mol. The molecule has 0 radical (unpaired) electrons. The molecule has 1 amide bonds. The smallest absolute Gasteiger partial charge is 0.289 e. The van der Waals surface area contributed by atoms with Crippen molar-refractivity contribution >= 4 is 37.7 Å². The summed E-state index contributed by atoms with van der Waals surface area (Å²) in [5.74, 6) is 0.126. The molecule has 5 rings (SSSR count). The molecule has 6 nitrogen and oxygen atoms in total. The van der Waals surface area contributed by atoms with Crippen molar-refractivity contribution in [1.82, 2.24) is 9.21 Å². The number of fused-ring (bicyclic) bond motifs is 3. The van der Waals surface area contributed by atoms with Gasteiger partial charge in [-0.25, -0.2) is 8.42 Å². The van der Waals surface area contributed by atoms with Crippen LogP contribution in [0.25, 0.3) is 21.7 Å². The number of hydrogen-bond acceptors (Lipinski definition) is 4. The number of furan rings is 1. The fourth-order valence-electron chi connectivity index (χ4n) is 4.29. The van der Waals surface area contributed by atoms with Gasteiger partial charge in [0.2, 0.25) is 10.0 Å². The highest BCUT2D eigenvalue weighted by Crippen LogP contribution is 2.32. The van der Waals surface area contributed by atoms with Crippen LogP contribution in [0.1, 0.15) is 21.7 Å². The van der Waals surface area contributed by atoms with E-state index in [0.717, 1.165) is 27.3 Å². The zero-order valence-electron chi connectivity index (χ0n) is 18.0. The molecule has 164 valence electrons. The third kappa shape index (κ3) is 3.38. The van der Waals surface area contributed by atoms with Gasteiger partial charge in [0.25, 0.3) is 5.91 Å². The van der Waals surface area contributed by atoms with Crippen LogP contribution >= 0.6 is 0 Å². The highest BCUT2D eigenvalue weighted by Gasteiger charge is 2.32. The first-order valence-electron chi connectivity index (χ1n) is 10.6. The number of nitrogens with zero attached hydrogens (tertiary/aromatic N) is 2. The van der Waals surface area contributed by atoms with Gasteiger partial charge >= 0.3 is 0 Å². The van der Waals surface area contributed by atoms with Gasteiger partial charge in [0.05, 0.1) is 4.90 Å². The Morgan fingerprint density at radius 1 is 0.844 bits per heavy atom. The average Bonchev–Trinajstić information content (AvgIpc) is 3.16. The molecule has 2 heterocycles. The number of carbonyl (C=O) groups excluding carboxylic acids is 1. The molecule has 1 aliphatic rings. The van der Waals surface area contributed by atoms with Gasteiger partial charge in [-0.15, -0.1) is 0 Å². The number of piperazine rings is 1. The van der Waals surface area contributed by atoms with E-state index in [-0.39, 0.29) is 23.9 Å². The van der Waals surface area contributed by atoms with Crippen molar-refractivity contribution in [2.45, 2.75) is 18.7 Å². The third-order valence-corrected chi connectivity index (χ3v) is 8.12. The summed E-state index contributed by atoms with van der Waals surface area (Å²) >= 11 is 0. The maximum Gasteiger partial charge on any atom is 0.289 e. The molecule has 0 spiro atoms. The summed E-state index contributed by atoms with van der Waals surface area (Å²) in [7, 11) is -3.57. The molecule has 1 aromatic heterocycles. The molecule has 1 aliphatic heterocycles. The lowest BCUT2D eigenvalue weighted by Crippen LogP contribution is -2.50. The summed E-state index contributed by atoms with van der Waals surface area (Å²) in [6.45, 7) is 4.96. The summed E-state index contributed by atoms with van der Waals surface area (Å²) in [6, 6.07) is 18.8. The SMILES string of the molecule is Cc1ccc(S(=O)(=O)N2CCN(C(=O)c3oc4c(ccc5ccccc54)c3C)CC2)cc1. The zero-order chi connectivity index (χ0) is 22.5. The number of amides is 1. The molecule has 7 heteroatoms. The van der Waals surface area contributed by atoms with Gasteiger partial charge in [0, 0.05) is 42.5 Å². The lowest BCUT2D eigenvalue weighted by atomic mass is 10.1. The van der Waals surface area contributed by atoms with E-state index in [4.69, 9.17) is 4.42 Å². The first-order valence-corrected chi connectivity index (χ1v) is 12.1. The van der Waals surface area contributed by atoms with Crippen molar-refractivity contribution in [3.05, 3.63) is 77.6 Å². The molecule has 0 unspecified atom stereocenters. The van der Waals surface area contributed by atoms with Crippen molar-refractivity contribution in [3.63, 3.8) is 0 Å². The molecule has 0 aliphatic carbocycles. The number of carbonyl (C=O) groups is 1. The quantitative estimate of drug-likeness (QED) is 0.467. The predicted molar refractivity (Wildman–Crippen MR) is 124 cm³/mol. The van der Waals surface area contributed by atoms with Crippen LogP contribution < -0.4 is 0 Å². The van der Waals surface area contributed by atoms with Crippen LogP contribution in [0.2, 0.25) is 0 Å². The van der Waals surface area contributed by atoms with Crippen molar-refractivity contribution in [2.24, 2.45) is 0 Å². The second-order valence-corrected chi connectivity index (χ2v) is 10.2. The molecule has 0 N–H and O–H groups in total. The van der Waals surface area contributed by atoms with Gasteiger partial charge in [-0.05, 0) is 31.4 Å². The van der Waals surface area contributed by atoms with Crippen molar-refractivity contribution in [1.29, 1.82) is 0 Å². The van der Waals surface area contributed by atoms with Gasteiger partial charge in [0.15, 0.2) is 5.76 Å². The molecule has 1 fully saturated rings. The van der Waals surface area contributed by atoms with Crippen LogP contribution in [-0.4, -0.2) is 49.7 Å². The third-order valence-electron chi connectivity index (χ3n) is 6.21. The maximum atomic E-state index is 13.3. The fourth-order valence-corrected chi connectivity index (χ4v) is 5.71. The lowest BCUT2D eigenvalue weighted by Gasteiger charge is -2.33. The molecule has 4 aromatic rings. The van der Waals surface area contributed by atoms with E-state index in [9.17, 15) is 13.2 Å². The van der Waals surface area contributed by atoms with Gasteiger partial charge in [0.1, 0.15) is 5.58 Å². The molecule has 1 saturated heterocycles. The fraction of sp³-hybridized carbons (Fsp3) is 0.240. The van der Waals surface area contributed by atoms with E-state index in [2.05, 4.69) is 0 Å². The first kappa shape index (κ1) is 20.7. The summed E-state index contributed by atoms with van der Waals surface area (Å²) in [5.41, 5.74) is 2.53. The number of sulfonamides is 1. The highest BCUT2D eigenvalue weighted by molar-refractivity contribution is 7.89. The van der Waals surface area contributed by atoms with E-state index in [1.54, 1.807) is 29.2 Å². The molecule has 32 heavy (non-hydrogen) atoms. The van der Waals surface area contributed by atoms with Crippen LogP contribution in [0.4, 0.5) is 0 Å². The molecule has 0 bridgehead atoms. The Labute approximate surface area is 187 Å². The summed E-state index contributed by atoms with van der Waals surface area (Å²) < 4.78 is 33.4. The van der Waals surface area contributed by atoms with Gasteiger partial charge in [-0.2, -0.15) is 4.31 Å². The Balaban J connectivity index is 1.38. The largest absolute Gasteiger partial charge is 0.450 e. The first-order chi connectivity index (χ1) is 15.4. The summed E-state index contributed by atoms with van der Waals surface area (Å²) in [6.07, 6.45) is 0. The Bertz CT molecular complexity index is 1430. The Morgan fingerprint density at radius 3 is 2.25 bits per heavy atom. The van der Waals surface area contributed by atoms with Gasteiger partial charge in [-0.3, -0.25) is 4.79 Å². The van der Waals surface area contributed by atoms with Crippen LogP contribution in [-0.2, 0) is 10.0 Å².